The Bertz CT molecular complexity index is 688. The first-order valence-electron chi connectivity index (χ1n) is 8.32. The Morgan fingerprint density at radius 1 is 1.16 bits per heavy atom. The summed E-state index contributed by atoms with van der Waals surface area (Å²) in [6.45, 7) is 8.67. The van der Waals surface area contributed by atoms with Crippen LogP contribution in [0.2, 0.25) is 0 Å². The van der Waals surface area contributed by atoms with E-state index < -0.39 is 0 Å². The van der Waals surface area contributed by atoms with Crippen LogP contribution in [0.3, 0.4) is 0 Å². The molecule has 0 aliphatic rings. The molecule has 0 saturated carbocycles. The van der Waals surface area contributed by atoms with Gasteiger partial charge in [0.2, 0.25) is 5.88 Å². The molecule has 5 heteroatoms. The van der Waals surface area contributed by atoms with Crippen LogP contribution in [0.1, 0.15) is 43.6 Å². The number of methoxy groups -OCH3 is 1. The van der Waals surface area contributed by atoms with Gasteiger partial charge in [-0.25, -0.2) is 4.98 Å². The molecule has 1 N–H and O–H groups in total. The topological polar surface area (TPSA) is 60.5 Å². The minimum atomic E-state index is -0.128. The molecule has 1 aromatic carbocycles. The van der Waals surface area contributed by atoms with Crippen molar-refractivity contribution in [3.63, 3.8) is 0 Å². The third kappa shape index (κ3) is 5.48. The molecule has 1 heterocycles. The van der Waals surface area contributed by atoms with Crippen molar-refractivity contribution in [2.75, 3.05) is 7.11 Å². The van der Waals surface area contributed by atoms with E-state index >= 15 is 0 Å². The van der Waals surface area contributed by atoms with Gasteiger partial charge in [-0.1, -0.05) is 32.9 Å². The van der Waals surface area contributed by atoms with E-state index in [0.717, 1.165) is 11.3 Å². The van der Waals surface area contributed by atoms with E-state index in [1.807, 2.05) is 31.2 Å². The summed E-state index contributed by atoms with van der Waals surface area (Å²) >= 11 is 0. The molecule has 5 nitrogen and oxygen atoms in total. The SMILES string of the molecule is COc1ccc(COc2ccc(C(=O)NC(C)C(C)(C)C)cn2)cc1. The van der Waals surface area contributed by atoms with E-state index in [1.54, 1.807) is 19.2 Å². The van der Waals surface area contributed by atoms with E-state index in [4.69, 9.17) is 9.47 Å². The lowest BCUT2D eigenvalue weighted by Gasteiger charge is -2.28. The van der Waals surface area contributed by atoms with Crippen LogP contribution >= 0.6 is 0 Å². The van der Waals surface area contributed by atoms with Crippen molar-refractivity contribution >= 4 is 5.91 Å². The molecule has 1 unspecified atom stereocenters. The van der Waals surface area contributed by atoms with Crippen LogP contribution in [0.25, 0.3) is 0 Å². The second kappa shape index (κ2) is 8.01. The van der Waals surface area contributed by atoms with Crippen LogP contribution in [0.15, 0.2) is 42.6 Å². The summed E-state index contributed by atoms with van der Waals surface area (Å²) < 4.78 is 10.8. The largest absolute Gasteiger partial charge is 0.497 e. The van der Waals surface area contributed by atoms with Gasteiger partial charge in [-0.05, 0) is 36.1 Å². The summed E-state index contributed by atoms with van der Waals surface area (Å²) in [5.41, 5.74) is 1.54. The predicted molar refractivity (Wildman–Crippen MR) is 97.9 cm³/mol. The average molecular weight is 342 g/mol. The van der Waals surface area contributed by atoms with Gasteiger partial charge in [0.25, 0.3) is 5.91 Å². The summed E-state index contributed by atoms with van der Waals surface area (Å²) in [5, 5.41) is 2.99. The number of carbonyl (C=O) groups is 1. The van der Waals surface area contributed by atoms with Crippen LogP contribution in [0.4, 0.5) is 0 Å². The Balaban J connectivity index is 1.91. The molecule has 1 amide bonds. The Morgan fingerprint density at radius 2 is 1.84 bits per heavy atom. The number of rotatable bonds is 6. The Hall–Kier alpha value is -2.56. The normalized spacial score (nSPS) is 12.4. The first-order valence-corrected chi connectivity index (χ1v) is 8.32. The number of pyridine rings is 1. The lowest BCUT2D eigenvalue weighted by Crippen LogP contribution is -2.41. The lowest BCUT2D eigenvalue weighted by molar-refractivity contribution is 0.0909. The van der Waals surface area contributed by atoms with Crippen molar-refractivity contribution < 1.29 is 14.3 Å². The second-order valence-corrected chi connectivity index (χ2v) is 7.08. The minimum Gasteiger partial charge on any atom is -0.497 e. The van der Waals surface area contributed by atoms with Gasteiger partial charge in [0.05, 0.1) is 12.7 Å². The van der Waals surface area contributed by atoms with Gasteiger partial charge in [-0.15, -0.1) is 0 Å². The number of carbonyl (C=O) groups excluding carboxylic acids is 1. The third-order valence-electron chi connectivity index (χ3n) is 4.19. The van der Waals surface area contributed by atoms with Crippen molar-refractivity contribution in [3.05, 3.63) is 53.7 Å². The minimum absolute atomic E-state index is 0.00447. The van der Waals surface area contributed by atoms with Crippen LogP contribution < -0.4 is 14.8 Å². The van der Waals surface area contributed by atoms with E-state index in [1.165, 1.54) is 6.20 Å². The van der Waals surface area contributed by atoms with Crippen LogP contribution in [-0.2, 0) is 6.61 Å². The summed E-state index contributed by atoms with van der Waals surface area (Å²) in [6, 6.07) is 11.1. The number of aromatic nitrogens is 1. The number of hydrogen-bond donors (Lipinski definition) is 1. The van der Waals surface area contributed by atoms with Gasteiger partial charge in [-0.2, -0.15) is 0 Å². The fourth-order valence-electron chi connectivity index (χ4n) is 1.98. The molecule has 0 bridgehead atoms. The number of nitrogens with zero attached hydrogens (tertiary/aromatic N) is 1. The molecule has 0 fully saturated rings. The standard InChI is InChI=1S/C20H26N2O3/c1-14(20(2,3)4)22-19(23)16-8-11-18(21-12-16)25-13-15-6-9-17(24-5)10-7-15/h6-12,14H,13H2,1-5H3,(H,22,23). The second-order valence-electron chi connectivity index (χ2n) is 7.08. The molecule has 0 spiro atoms. The lowest BCUT2D eigenvalue weighted by atomic mass is 9.88. The van der Waals surface area contributed by atoms with Crippen molar-refractivity contribution in [1.29, 1.82) is 0 Å². The molecule has 25 heavy (non-hydrogen) atoms. The highest BCUT2D eigenvalue weighted by atomic mass is 16.5. The van der Waals surface area contributed by atoms with Crippen molar-refractivity contribution in [2.45, 2.75) is 40.3 Å². The molecule has 0 aliphatic heterocycles. The Morgan fingerprint density at radius 3 is 2.36 bits per heavy atom. The average Bonchev–Trinajstić information content (AvgIpc) is 2.60. The van der Waals surface area contributed by atoms with Gasteiger partial charge in [0.1, 0.15) is 12.4 Å². The van der Waals surface area contributed by atoms with Crippen LogP contribution in [0, 0.1) is 5.41 Å². The van der Waals surface area contributed by atoms with Crippen LogP contribution in [-0.4, -0.2) is 24.0 Å². The number of benzene rings is 1. The number of amides is 1. The molecule has 1 atom stereocenters. The number of nitrogens with one attached hydrogen (secondary N) is 1. The summed E-state index contributed by atoms with van der Waals surface area (Å²) in [4.78, 5) is 16.5. The zero-order chi connectivity index (χ0) is 18.4. The maximum absolute atomic E-state index is 12.2. The molecular weight excluding hydrogens is 316 g/mol. The summed E-state index contributed by atoms with van der Waals surface area (Å²) in [7, 11) is 1.63. The van der Waals surface area contributed by atoms with Gasteiger partial charge in [0.15, 0.2) is 0 Å². The molecule has 134 valence electrons. The molecule has 0 saturated heterocycles. The fourth-order valence-corrected chi connectivity index (χ4v) is 1.98. The van der Waals surface area contributed by atoms with Gasteiger partial charge in [0, 0.05) is 18.3 Å². The zero-order valence-electron chi connectivity index (χ0n) is 15.5. The van der Waals surface area contributed by atoms with E-state index in [9.17, 15) is 4.79 Å². The molecule has 2 rings (SSSR count). The van der Waals surface area contributed by atoms with E-state index in [-0.39, 0.29) is 17.4 Å². The van der Waals surface area contributed by atoms with Crippen molar-refractivity contribution in [1.82, 2.24) is 10.3 Å². The first kappa shape index (κ1) is 18.8. The molecule has 2 aromatic rings. The summed E-state index contributed by atoms with van der Waals surface area (Å²) in [6.07, 6.45) is 1.54. The van der Waals surface area contributed by atoms with E-state index in [2.05, 4.69) is 31.1 Å². The molecular formula is C20H26N2O3. The molecule has 1 aromatic heterocycles. The fraction of sp³-hybridized carbons (Fsp3) is 0.400. The predicted octanol–water partition coefficient (Wildman–Crippen LogP) is 3.83. The van der Waals surface area contributed by atoms with Crippen LogP contribution in [0.5, 0.6) is 11.6 Å². The highest BCUT2D eigenvalue weighted by Gasteiger charge is 2.22. The Labute approximate surface area is 149 Å². The third-order valence-corrected chi connectivity index (χ3v) is 4.19. The Kier molecular flexibility index (Phi) is 6.02. The number of hydrogen-bond acceptors (Lipinski definition) is 4. The number of ether oxygens (including phenoxy) is 2. The smallest absolute Gasteiger partial charge is 0.253 e. The van der Waals surface area contributed by atoms with Gasteiger partial charge in [-0.3, -0.25) is 4.79 Å². The van der Waals surface area contributed by atoms with Crippen molar-refractivity contribution in [3.8, 4) is 11.6 Å². The quantitative estimate of drug-likeness (QED) is 0.866. The molecule has 0 aliphatic carbocycles. The van der Waals surface area contributed by atoms with Gasteiger partial charge >= 0.3 is 0 Å². The molecule has 0 radical (unpaired) electrons. The summed E-state index contributed by atoms with van der Waals surface area (Å²) in [5.74, 6) is 1.16. The zero-order valence-corrected chi connectivity index (χ0v) is 15.5. The maximum Gasteiger partial charge on any atom is 0.253 e. The van der Waals surface area contributed by atoms with E-state index in [0.29, 0.717) is 18.1 Å². The first-order chi connectivity index (χ1) is 11.8. The highest BCUT2D eigenvalue weighted by Crippen LogP contribution is 2.19. The monoisotopic (exact) mass is 342 g/mol. The maximum atomic E-state index is 12.2. The van der Waals surface area contributed by atoms with Gasteiger partial charge < -0.3 is 14.8 Å². The highest BCUT2D eigenvalue weighted by molar-refractivity contribution is 5.94. The van der Waals surface area contributed by atoms with Crippen molar-refractivity contribution in [2.24, 2.45) is 5.41 Å².